The predicted octanol–water partition coefficient (Wildman–Crippen LogP) is 4.72. The monoisotopic (exact) mass is 548 g/mol. The molecule has 0 spiro atoms. The number of carbonyl (C=O) groups excluding carboxylic acids is 1. The molecule has 1 aliphatic heterocycles. The number of ether oxygens (including phenoxy) is 4. The quantitative estimate of drug-likeness (QED) is 0.392. The first kappa shape index (κ1) is 26.6. The first-order valence-corrected chi connectivity index (χ1v) is 11.3. The van der Waals surface area contributed by atoms with E-state index in [0.29, 0.717) is 16.7 Å². The Labute approximate surface area is 219 Å². The minimum atomic E-state index is -3.75. The number of rotatable bonds is 8. The van der Waals surface area contributed by atoms with Crippen LogP contribution in [-0.2, 0) is 20.8 Å². The minimum Gasteiger partial charge on any atom is -0.481 e. The van der Waals surface area contributed by atoms with Gasteiger partial charge in [0.15, 0.2) is 17.2 Å². The molecule has 0 unspecified atom stereocenters. The number of nitrogens with zero attached hydrogens (tertiary/aromatic N) is 4. The molecular weight excluding hydrogens is 530 g/mol. The number of aromatic nitrogens is 3. The van der Waals surface area contributed by atoms with Crippen molar-refractivity contribution in [2.24, 2.45) is 5.41 Å². The van der Waals surface area contributed by atoms with Crippen molar-refractivity contribution in [2.75, 3.05) is 13.2 Å². The Balaban J connectivity index is 1.48. The predicted molar refractivity (Wildman–Crippen MR) is 126 cm³/mol. The van der Waals surface area contributed by atoms with Crippen molar-refractivity contribution in [3.8, 4) is 40.0 Å². The summed E-state index contributed by atoms with van der Waals surface area (Å²) in [5.74, 6) is -1.37. The number of alkyl halides is 2. The topological polar surface area (TPSA) is 146 Å². The van der Waals surface area contributed by atoms with Gasteiger partial charge in [-0.25, -0.2) is 4.79 Å². The van der Waals surface area contributed by atoms with Crippen molar-refractivity contribution in [2.45, 2.75) is 26.7 Å². The molecule has 38 heavy (non-hydrogen) atoms. The largest absolute Gasteiger partial charge is 0.586 e. The van der Waals surface area contributed by atoms with Gasteiger partial charge in [0, 0.05) is 10.6 Å². The van der Waals surface area contributed by atoms with Crippen LogP contribution >= 0.6 is 11.6 Å². The Bertz CT molecular complexity index is 1450. The number of benzene rings is 2. The third-order valence-electron chi connectivity index (χ3n) is 5.31. The highest BCUT2D eigenvalue weighted by molar-refractivity contribution is 6.31. The van der Waals surface area contributed by atoms with E-state index in [1.54, 1.807) is 24.3 Å². The molecule has 0 amide bonds. The summed E-state index contributed by atoms with van der Waals surface area (Å²) in [4.78, 5) is 24.0. The highest BCUT2D eigenvalue weighted by atomic mass is 35.5. The number of carboxylic acids is 1. The van der Waals surface area contributed by atoms with Crippen molar-refractivity contribution in [3.63, 3.8) is 0 Å². The molecule has 0 aliphatic carbocycles. The number of fused-ring (bicyclic) bond motifs is 1. The zero-order chi connectivity index (χ0) is 27.7. The number of hydrogen-bond acceptors (Lipinski definition) is 9. The first-order chi connectivity index (χ1) is 17.9. The van der Waals surface area contributed by atoms with Crippen LogP contribution in [0.4, 0.5) is 13.6 Å². The van der Waals surface area contributed by atoms with Gasteiger partial charge in [-0.3, -0.25) is 4.79 Å². The summed E-state index contributed by atoms with van der Waals surface area (Å²) in [6, 6.07) is 11.0. The summed E-state index contributed by atoms with van der Waals surface area (Å²) in [6.07, 6.45) is -4.82. The molecule has 0 saturated heterocycles. The Morgan fingerprint density at radius 1 is 1.11 bits per heavy atom. The van der Waals surface area contributed by atoms with Crippen LogP contribution in [0.5, 0.6) is 11.5 Å². The Hall–Kier alpha value is -4.44. The third-order valence-corrected chi connectivity index (χ3v) is 5.53. The molecule has 3 aromatic rings. The van der Waals surface area contributed by atoms with E-state index in [1.807, 2.05) is 6.07 Å². The molecule has 2 aromatic carbocycles. The van der Waals surface area contributed by atoms with Gasteiger partial charge in [0.2, 0.25) is 0 Å². The van der Waals surface area contributed by atoms with Crippen LogP contribution in [0.2, 0.25) is 5.02 Å². The Morgan fingerprint density at radius 2 is 1.82 bits per heavy atom. The fourth-order valence-corrected chi connectivity index (χ4v) is 3.53. The average molecular weight is 549 g/mol. The van der Waals surface area contributed by atoms with Gasteiger partial charge in [0.25, 0.3) is 0 Å². The van der Waals surface area contributed by atoms with E-state index in [9.17, 15) is 23.6 Å². The van der Waals surface area contributed by atoms with E-state index in [2.05, 4.69) is 19.7 Å². The van der Waals surface area contributed by atoms with Crippen molar-refractivity contribution in [1.29, 1.82) is 5.26 Å². The highest BCUT2D eigenvalue weighted by Gasteiger charge is 2.43. The summed E-state index contributed by atoms with van der Waals surface area (Å²) in [6.45, 7) is 2.16. The molecule has 11 nitrogen and oxygen atoms in total. The highest BCUT2D eigenvalue weighted by Crippen LogP contribution is 2.43. The minimum absolute atomic E-state index is 0.0318. The number of aliphatic carboxylic acids is 1. The van der Waals surface area contributed by atoms with Crippen molar-refractivity contribution in [1.82, 2.24) is 15.0 Å². The maximum absolute atomic E-state index is 13.4. The zero-order valence-electron chi connectivity index (χ0n) is 19.9. The second-order valence-electron chi connectivity index (χ2n) is 8.74. The molecule has 198 valence electrons. The van der Waals surface area contributed by atoms with Crippen molar-refractivity contribution in [3.05, 3.63) is 47.1 Å². The second kappa shape index (κ2) is 10.1. The molecule has 0 bridgehead atoms. The van der Waals surface area contributed by atoms with E-state index in [1.165, 1.54) is 26.0 Å². The molecule has 0 saturated carbocycles. The van der Waals surface area contributed by atoms with Crippen LogP contribution in [0.25, 0.3) is 22.4 Å². The van der Waals surface area contributed by atoms with Crippen LogP contribution in [0.15, 0.2) is 36.4 Å². The second-order valence-corrected chi connectivity index (χ2v) is 9.18. The summed E-state index contributed by atoms with van der Waals surface area (Å²) < 4.78 is 45.4. The van der Waals surface area contributed by atoms with E-state index in [0.717, 1.165) is 4.80 Å². The lowest BCUT2D eigenvalue weighted by molar-refractivity contribution is -0.286. The van der Waals surface area contributed by atoms with Crippen LogP contribution in [0.1, 0.15) is 19.5 Å². The fraction of sp³-hybridized carbons (Fsp3) is 0.292. The standard InChI is InChI=1S/C24H19ClF2N4O7/c1-23(2,21(32)33)12-36-22(34)35-6-5-31-29-17(11-28)20(30-31)15-7-14(8-16(25)9-15)13-3-4-18-19(10-13)38-24(26,27)37-18/h3-4,7-10H,5-6,12H2,1-2H3,(H,32,33). The van der Waals surface area contributed by atoms with Gasteiger partial charge >= 0.3 is 18.4 Å². The number of carbonyl (C=O) groups is 2. The molecule has 14 heteroatoms. The third kappa shape index (κ3) is 5.92. The van der Waals surface area contributed by atoms with Gasteiger partial charge in [-0.2, -0.15) is 15.2 Å². The van der Waals surface area contributed by atoms with Crippen LogP contribution in [-0.4, -0.2) is 51.7 Å². The van der Waals surface area contributed by atoms with Gasteiger partial charge in [0.1, 0.15) is 25.0 Å². The molecule has 1 N–H and O–H groups in total. The van der Waals surface area contributed by atoms with E-state index in [4.69, 9.17) is 26.2 Å². The maximum Gasteiger partial charge on any atom is 0.586 e. The van der Waals surface area contributed by atoms with Crippen LogP contribution < -0.4 is 9.47 Å². The van der Waals surface area contributed by atoms with Gasteiger partial charge in [-0.15, -0.1) is 13.9 Å². The normalized spacial score (nSPS) is 13.6. The maximum atomic E-state index is 13.4. The van der Waals surface area contributed by atoms with Gasteiger partial charge in [-0.05, 0) is 55.3 Å². The SMILES string of the molecule is CC(C)(COC(=O)OCCn1nc(C#N)c(-c2cc(Cl)cc(-c3ccc4c(c3)OC(F)(F)O4)c2)n1)C(=O)O. The van der Waals surface area contributed by atoms with E-state index >= 15 is 0 Å². The molecule has 1 aromatic heterocycles. The van der Waals surface area contributed by atoms with E-state index in [-0.39, 0.29) is 47.7 Å². The molecule has 0 atom stereocenters. The number of nitriles is 1. The number of hydrogen-bond donors (Lipinski definition) is 1. The Morgan fingerprint density at radius 3 is 2.53 bits per heavy atom. The van der Waals surface area contributed by atoms with E-state index < -0.39 is 23.8 Å². The number of carboxylic acid groups (broad SMARTS) is 1. The molecule has 0 radical (unpaired) electrons. The smallest absolute Gasteiger partial charge is 0.481 e. The Kier molecular flexibility index (Phi) is 7.10. The van der Waals surface area contributed by atoms with Gasteiger partial charge < -0.3 is 24.1 Å². The summed E-state index contributed by atoms with van der Waals surface area (Å²) in [5, 5.41) is 27.3. The molecule has 1 aliphatic rings. The summed E-state index contributed by atoms with van der Waals surface area (Å²) >= 11 is 6.29. The lowest BCUT2D eigenvalue weighted by Crippen LogP contribution is -2.30. The molecule has 4 rings (SSSR count). The lowest BCUT2D eigenvalue weighted by Gasteiger charge is -2.18. The number of halogens is 3. The summed E-state index contributed by atoms with van der Waals surface area (Å²) in [7, 11) is 0. The zero-order valence-corrected chi connectivity index (χ0v) is 20.7. The molecule has 0 fully saturated rings. The van der Waals surface area contributed by atoms with Crippen molar-refractivity contribution >= 4 is 23.7 Å². The summed E-state index contributed by atoms with van der Waals surface area (Å²) in [5.41, 5.74) is 0.333. The fourth-order valence-electron chi connectivity index (χ4n) is 3.29. The van der Waals surface area contributed by atoms with Gasteiger partial charge in [0.05, 0.1) is 12.0 Å². The van der Waals surface area contributed by atoms with Gasteiger partial charge in [-0.1, -0.05) is 17.7 Å². The average Bonchev–Trinajstić information content (AvgIpc) is 3.40. The molecular formula is C24H19ClF2N4O7. The van der Waals surface area contributed by atoms with Crippen LogP contribution in [0.3, 0.4) is 0 Å². The lowest BCUT2D eigenvalue weighted by atomic mass is 9.95. The first-order valence-electron chi connectivity index (χ1n) is 11.0. The molecule has 2 heterocycles. The van der Waals surface area contributed by atoms with Crippen LogP contribution in [0, 0.1) is 16.7 Å². The van der Waals surface area contributed by atoms with Crippen molar-refractivity contribution < 1.29 is 42.4 Å².